The molecule has 0 saturated heterocycles. The fourth-order valence-corrected chi connectivity index (χ4v) is 2.09. The van der Waals surface area contributed by atoms with E-state index in [1.54, 1.807) is 12.3 Å². The van der Waals surface area contributed by atoms with Crippen molar-refractivity contribution in [3.63, 3.8) is 0 Å². The molecule has 19 heavy (non-hydrogen) atoms. The van der Waals surface area contributed by atoms with Gasteiger partial charge < -0.3 is 5.32 Å². The lowest BCUT2D eigenvalue weighted by Gasteiger charge is -2.17. The van der Waals surface area contributed by atoms with E-state index in [9.17, 15) is 4.39 Å². The van der Waals surface area contributed by atoms with Gasteiger partial charge in [-0.1, -0.05) is 13.0 Å². The number of benzene rings is 1. The number of H-pyrrole nitrogens is 1. The van der Waals surface area contributed by atoms with E-state index >= 15 is 0 Å². The first-order valence-electron chi connectivity index (χ1n) is 6.54. The van der Waals surface area contributed by atoms with Gasteiger partial charge >= 0.3 is 0 Å². The molecule has 1 atom stereocenters. The summed E-state index contributed by atoms with van der Waals surface area (Å²) < 4.78 is 13.1. The van der Waals surface area contributed by atoms with Crippen molar-refractivity contribution in [1.82, 2.24) is 20.7 Å². The Morgan fingerprint density at radius 2 is 2.26 bits per heavy atom. The molecule has 0 aliphatic heterocycles. The molecule has 4 nitrogen and oxygen atoms in total. The van der Waals surface area contributed by atoms with Gasteiger partial charge in [-0.3, -0.25) is 0 Å². The van der Waals surface area contributed by atoms with E-state index in [0.717, 1.165) is 36.2 Å². The van der Waals surface area contributed by atoms with E-state index in [1.165, 1.54) is 6.07 Å². The Labute approximate surface area is 112 Å². The van der Waals surface area contributed by atoms with Crippen LogP contribution in [0.1, 0.15) is 36.2 Å². The maximum Gasteiger partial charge on any atom is 0.123 e. The van der Waals surface area contributed by atoms with Gasteiger partial charge in [-0.25, -0.2) is 4.39 Å². The molecule has 5 heteroatoms. The first-order chi connectivity index (χ1) is 9.20. The number of aryl methyl sites for hydroxylation is 1. The molecule has 1 heterocycles. The zero-order chi connectivity index (χ0) is 13.7. The average molecular weight is 262 g/mol. The summed E-state index contributed by atoms with van der Waals surface area (Å²) in [5.74, 6) is -0.194. The van der Waals surface area contributed by atoms with Crippen molar-refractivity contribution in [1.29, 1.82) is 0 Å². The van der Waals surface area contributed by atoms with Crippen LogP contribution in [0.4, 0.5) is 4.39 Å². The van der Waals surface area contributed by atoms with Gasteiger partial charge in [0.1, 0.15) is 5.82 Å². The molecule has 102 valence electrons. The van der Waals surface area contributed by atoms with E-state index < -0.39 is 0 Å². The first kappa shape index (κ1) is 13.7. The standard InChI is InChI=1S/C14H19FN4/c1-3-6-16-13(14-9-17-19-18-14)8-11-4-5-12(15)7-10(11)2/h4-5,7,9,13,16H,3,6,8H2,1-2H3,(H,17,18,19). The van der Waals surface area contributed by atoms with Crippen LogP contribution in [0.5, 0.6) is 0 Å². The Morgan fingerprint density at radius 1 is 1.42 bits per heavy atom. The van der Waals surface area contributed by atoms with Gasteiger partial charge in [0.25, 0.3) is 0 Å². The second-order valence-electron chi connectivity index (χ2n) is 4.68. The topological polar surface area (TPSA) is 53.6 Å². The highest BCUT2D eigenvalue weighted by atomic mass is 19.1. The highest BCUT2D eigenvalue weighted by Gasteiger charge is 2.15. The van der Waals surface area contributed by atoms with Gasteiger partial charge in [-0.05, 0) is 49.6 Å². The zero-order valence-corrected chi connectivity index (χ0v) is 11.3. The molecule has 0 amide bonds. The molecular formula is C14H19FN4. The third kappa shape index (κ3) is 3.61. The molecule has 2 aromatic rings. The van der Waals surface area contributed by atoms with Crippen LogP contribution >= 0.6 is 0 Å². The first-order valence-corrected chi connectivity index (χ1v) is 6.54. The highest BCUT2D eigenvalue weighted by Crippen LogP contribution is 2.19. The van der Waals surface area contributed by atoms with Crippen LogP contribution in [0, 0.1) is 12.7 Å². The number of aromatic amines is 1. The minimum absolute atomic E-state index is 0.0999. The Morgan fingerprint density at radius 3 is 2.89 bits per heavy atom. The summed E-state index contributed by atoms with van der Waals surface area (Å²) in [6.07, 6.45) is 3.56. The molecule has 0 saturated carbocycles. The van der Waals surface area contributed by atoms with E-state index in [4.69, 9.17) is 0 Å². The Balaban J connectivity index is 2.15. The molecule has 0 fully saturated rings. The van der Waals surface area contributed by atoms with Gasteiger partial charge in [0, 0.05) is 0 Å². The van der Waals surface area contributed by atoms with Crippen LogP contribution < -0.4 is 5.32 Å². The third-order valence-corrected chi connectivity index (χ3v) is 3.16. The second kappa shape index (κ2) is 6.43. The predicted octanol–water partition coefficient (Wildman–Crippen LogP) is 2.54. The summed E-state index contributed by atoms with van der Waals surface area (Å²) in [6.45, 7) is 4.96. The number of rotatable bonds is 6. The summed E-state index contributed by atoms with van der Waals surface area (Å²) in [5, 5.41) is 14.1. The maximum atomic E-state index is 13.1. The number of halogens is 1. The molecule has 0 radical (unpaired) electrons. The van der Waals surface area contributed by atoms with Crippen molar-refractivity contribution < 1.29 is 4.39 Å². The SMILES string of the molecule is CCCNC(Cc1ccc(F)cc1C)c1cn[nH]n1. The second-order valence-corrected chi connectivity index (χ2v) is 4.68. The summed E-state index contributed by atoms with van der Waals surface area (Å²) >= 11 is 0. The van der Waals surface area contributed by atoms with Crippen LogP contribution in [0.15, 0.2) is 24.4 Å². The normalized spacial score (nSPS) is 12.6. The summed E-state index contributed by atoms with van der Waals surface area (Å²) in [4.78, 5) is 0. The van der Waals surface area contributed by atoms with Crippen LogP contribution in [0.2, 0.25) is 0 Å². The highest BCUT2D eigenvalue weighted by molar-refractivity contribution is 5.28. The van der Waals surface area contributed by atoms with Crippen molar-refractivity contribution in [3.8, 4) is 0 Å². The fraction of sp³-hybridized carbons (Fsp3) is 0.429. The van der Waals surface area contributed by atoms with Crippen LogP contribution in [-0.2, 0) is 6.42 Å². The smallest absolute Gasteiger partial charge is 0.123 e. The van der Waals surface area contributed by atoms with E-state index in [-0.39, 0.29) is 11.9 Å². The van der Waals surface area contributed by atoms with Gasteiger partial charge in [-0.2, -0.15) is 15.4 Å². The monoisotopic (exact) mass is 262 g/mol. The molecule has 0 bridgehead atoms. The van der Waals surface area contributed by atoms with Gasteiger partial charge in [0.2, 0.25) is 0 Å². The Kier molecular flexibility index (Phi) is 4.63. The molecule has 1 aromatic heterocycles. The molecule has 2 N–H and O–H groups in total. The van der Waals surface area contributed by atoms with Gasteiger partial charge in [0.05, 0.1) is 17.9 Å². The summed E-state index contributed by atoms with van der Waals surface area (Å²) in [5.41, 5.74) is 2.97. The molecular weight excluding hydrogens is 243 g/mol. The largest absolute Gasteiger partial charge is 0.308 e. The lowest BCUT2D eigenvalue weighted by atomic mass is 9.99. The molecule has 1 aromatic carbocycles. The average Bonchev–Trinajstić information content (AvgIpc) is 2.90. The lowest BCUT2D eigenvalue weighted by Crippen LogP contribution is -2.24. The minimum Gasteiger partial charge on any atom is -0.308 e. The number of hydrogen-bond acceptors (Lipinski definition) is 3. The van der Waals surface area contributed by atoms with E-state index in [0.29, 0.717) is 0 Å². The van der Waals surface area contributed by atoms with Crippen molar-refractivity contribution >= 4 is 0 Å². The Hall–Kier alpha value is -1.75. The van der Waals surface area contributed by atoms with Crippen molar-refractivity contribution in [2.24, 2.45) is 0 Å². The van der Waals surface area contributed by atoms with Gasteiger partial charge in [0.15, 0.2) is 0 Å². The number of aromatic nitrogens is 3. The van der Waals surface area contributed by atoms with Crippen molar-refractivity contribution in [2.75, 3.05) is 6.54 Å². The fourth-order valence-electron chi connectivity index (χ4n) is 2.09. The summed E-state index contributed by atoms with van der Waals surface area (Å²) in [7, 11) is 0. The van der Waals surface area contributed by atoms with E-state index in [1.807, 2.05) is 13.0 Å². The third-order valence-electron chi connectivity index (χ3n) is 3.16. The van der Waals surface area contributed by atoms with Crippen LogP contribution in [0.3, 0.4) is 0 Å². The summed E-state index contributed by atoms with van der Waals surface area (Å²) in [6, 6.07) is 5.01. The quantitative estimate of drug-likeness (QED) is 0.841. The number of hydrogen-bond donors (Lipinski definition) is 2. The molecule has 2 rings (SSSR count). The molecule has 1 unspecified atom stereocenters. The number of nitrogens with one attached hydrogen (secondary N) is 2. The lowest BCUT2D eigenvalue weighted by molar-refractivity contribution is 0.515. The van der Waals surface area contributed by atoms with Crippen LogP contribution in [-0.4, -0.2) is 22.0 Å². The van der Waals surface area contributed by atoms with E-state index in [2.05, 4.69) is 27.7 Å². The van der Waals surface area contributed by atoms with Crippen molar-refractivity contribution in [2.45, 2.75) is 32.7 Å². The molecule has 0 aliphatic rings. The zero-order valence-electron chi connectivity index (χ0n) is 11.3. The molecule has 0 aliphatic carbocycles. The Bertz CT molecular complexity index is 510. The molecule has 0 spiro atoms. The van der Waals surface area contributed by atoms with Crippen LogP contribution in [0.25, 0.3) is 0 Å². The van der Waals surface area contributed by atoms with Crippen molar-refractivity contribution in [3.05, 3.63) is 47.0 Å². The predicted molar refractivity (Wildman–Crippen MR) is 72.3 cm³/mol. The number of nitrogens with zero attached hydrogens (tertiary/aromatic N) is 2. The minimum atomic E-state index is -0.194. The maximum absolute atomic E-state index is 13.1. The van der Waals surface area contributed by atoms with Gasteiger partial charge in [-0.15, -0.1) is 0 Å².